The molecule has 3 heterocycles. The van der Waals surface area contributed by atoms with Crippen LogP contribution in [0, 0.1) is 6.92 Å². The number of pyridine rings is 1. The number of fused-ring (bicyclic) bond motifs is 1. The lowest BCUT2D eigenvalue weighted by Gasteiger charge is -2.36. The van der Waals surface area contributed by atoms with E-state index >= 15 is 0 Å². The third-order valence-corrected chi connectivity index (χ3v) is 8.51. The van der Waals surface area contributed by atoms with Crippen LogP contribution in [-0.4, -0.2) is 71.9 Å². The third kappa shape index (κ3) is 8.74. The number of nitrogens with zero attached hydrogens (tertiary/aromatic N) is 6. The van der Waals surface area contributed by atoms with Gasteiger partial charge in [0.05, 0.1) is 24.2 Å². The zero-order valence-electron chi connectivity index (χ0n) is 31.3. The molecule has 0 bridgehead atoms. The van der Waals surface area contributed by atoms with Crippen LogP contribution in [0.3, 0.4) is 0 Å². The summed E-state index contributed by atoms with van der Waals surface area (Å²) in [5.74, 6) is 3.77. The first kappa shape index (κ1) is 37.8. The minimum atomic E-state index is -0.543. The van der Waals surface area contributed by atoms with Crippen LogP contribution < -0.4 is 24.6 Å². The Morgan fingerprint density at radius 1 is 1.08 bits per heavy atom. The van der Waals surface area contributed by atoms with Crippen molar-refractivity contribution < 1.29 is 19.0 Å². The van der Waals surface area contributed by atoms with Crippen LogP contribution in [0.2, 0.25) is 0 Å². The molecule has 2 aromatic carbocycles. The molecule has 0 spiro atoms. The Bertz CT molecular complexity index is 1780. The van der Waals surface area contributed by atoms with Gasteiger partial charge in [-0.2, -0.15) is 0 Å². The summed E-state index contributed by atoms with van der Waals surface area (Å²) in [6.07, 6.45) is 5.77. The van der Waals surface area contributed by atoms with Crippen LogP contribution in [0.1, 0.15) is 71.9 Å². The van der Waals surface area contributed by atoms with Gasteiger partial charge in [-0.05, 0) is 93.8 Å². The highest BCUT2D eigenvalue weighted by Crippen LogP contribution is 2.39. The van der Waals surface area contributed by atoms with Gasteiger partial charge in [-0.1, -0.05) is 34.3 Å². The van der Waals surface area contributed by atoms with E-state index in [1.54, 1.807) is 18.2 Å². The number of aryl methyl sites for hydroxylation is 1. The van der Waals surface area contributed by atoms with Crippen molar-refractivity contribution in [2.45, 2.75) is 73.3 Å². The maximum absolute atomic E-state index is 12.6. The summed E-state index contributed by atoms with van der Waals surface area (Å²) in [4.78, 5) is 32.2. The fourth-order valence-electron chi connectivity index (χ4n) is 5.69. The summed E-state index contributed by atoms with van der Waals surface area (Å²) in [5.41, 5.74) is 4.26. The number of carbonyl (C=O) groups is 1. The predicted molar refractivity (Wildman–Crippen MR) is 204 cm³/mol. The first-order chi connectivity index (χ1) is 23.9. The molecule has 1 amide bonds. The van der Waals surface area contributed by atoms with Crippen molar-refractivity contribution in [3.63, 3.8) is 0 Å². The van der Waals surface area contributed by atoms with Crippen molar-refractivity contribution in [2.75, 3.05) is 55.5 Å². The van der Waals surface area contributed by atoms with E-state index in [9.17, 15) is 4.79 Å². The number of carbonyl (C=O) groups excluding carboxylic acids is 1. The SMILES string of the molecule is C=CN(C)c1ccc(Oc2ccc(Nc3ncnc4cnc(N5CCN(C(=O)OC(C)(C)C)CC5)c(OC)c34)cc2C)cc1C(C)CC.CC. The minimum absolute atomic E-state index is 0.308. The molecule has 0 saturated carbocycles. The fraction of sp³-hybridized carbons (Fsp3) is 0.436. The van der Waals surface area contributed by atoms with Gasteiger partial charge in [-0.15, -0.1) is 0 Å². The smallest absolute Gasteiger partial charge is 0.410 e. The molecule has 2 aromatic heterocycles. The summed E-state index contributed by atoms with van der Waals surface area (Å²) >= 11 is 0. The van der Waals surface area contributed by atoms with Gasteiger partial charge < -0.3 is 34.2 Å². The quantitative estimate of drug-likeness (QED) is 0.174. The monoisotopic (exact) mass is 683 g/mol. The predicted octanol–water partition coefficient (Wildman–Crippen LogP) is 9.05. The molecule has 4 aromatic rings. The molecule has 0 aliphatic carbocycles. The third-order valence-electron chi connectivity index (χ3n) is 8.51. The fourth-order valence-corrected chi connectivity index (χ4v) is 5.69. The molecule has 11 nitrogen and oxygen atoms in total. The summed E-state index contributed by atoms with van der Waals surface area (Å²) in [7, 11) is 3.63. The van der Waals surface area contributed by atoms with E-state index in [2.05, 4.69) is 52.7 Å². The Morgan fingerprint density at radius 3 is 2.42 bits per heavy atom. The Kier molecular flexibility index (Phi) is 12.5. The summed E-state index contributed by atoms with van der Waals surface area (Å²) < 4.78 is 17.9. The Balaban J connectivity index is 0.00000276. The molecule has 1 N–H and O–H groups in total. The van der Waals surface area contributed by atoms with Gasteiger partial charge in [-0.3, -0.25) is 0 Å². The number of hydrogen-bond acceptors (Lipinski definition) is 10. The lowest BCUT2D eigenvalue weighted by molar-refractivity contribution is 0.0240. The second-order valence-electron chi connectivity index (χ2n) is 13.1. The summed E-state index contributed by atoms with van der Waals surface area (Å²) in [6, 6.07) is 12.2. The number of amides is 1. The largest absolute Gasteiger partial charge is 0.492 e. The number of methoxy groups -OCH3 is 1. The van der Waals surface area contributed by atoms with E-state index in [4.69, 9.17) is 19.2 Å². The number of hydrogen-bond donors (Lipinski definition) is 1. The van der Waals surface area contributed by atoms with E-state index in [1.807, 2.05) is 84.0 Å². The van der Waals surface area contributed by atoms with Crippen LogP contribution in [0.15, 0.2) is 61.7 Å². The van der Waals surface area contributed by atoms with E-state index in [1.165, 1.54) is 11.9 Å². The highest BCUT2D eigenvalue weighted by molar-refractivity contribution is 5.98. The van der Waals surface area contributed by atoms with Crippen molar-refractivity contribution in [3.05, 3.63) is 72.8 Å². The van der Waals surface area contributed by atoms with E-state index < -0.39 is 5.60 Å². The number of nitrogens with one attached hydrogen (secondary N) is 1. The van der Waals surface area contributed by atoms with Crippen LogP contribution in [0.25, 0.3) is 10.9 Å². The number of ether oxygens (including phenoxy) is 3. The zero-order chi connectivity index (χ0) is 36.6. The van der Waals surface area contributed by atoms with E-state index in [0.717, 1.165) is 40.2 Å². The van der Waals surface area contributed by atoms with Gasteiger partial charge >= 0.3 is 6.09 Å². The molecule has 11 heteroatoms. The number of anilines is 4. The molecule has 1 aliphatic rings. The van der Waals surface area contributed by atoms with Crippen LogP contribution in [-0.2, 0) is 4.74 Å². The van der Waals surface area contributed by atoms with Gasteiger partial charge in [0.15, 0.2) is 11.6 Å². The Hall–Kier alpha value is -5.06. The van der Waals surface area contributed by atoms with Crippen molar-refractivity contribution in [1.82, 2.24) is 19.9 Å². The molecule has 268 valence electrons. The topological polar surface area (TPSA) is 105 Å². The molecular formula is C39H53N7O4. The van der Waals surface area contributed by atoms with E-state index in [-0.39, 0.29) is 6.09 Å². The average molecular weight is 684 g/mol. The first-order valence-electron chi connectivity index (χ1n) is 17.4. The molecule has 1 atom stereocenters. The number of benzene rings is 2. The summed E-state index contributed by atoms with van der Waals surface area (Å²) in [5, 5.41) is 4.19. The molecule has 5 rings (SSSR count). The standard InChI is InChI=1S/C37H47N7O4.C2H6/c1-10-24(3)28-21-27(13-14-30(28)42(8)11-2)47-31-15-12-26(20-25(31)4)41-34-32-29(39-23-40-34)22-38-35(33(32)46-9)43-16-18-44(19-17-43)36(45)48-37(5,6)7;1-2/h11-15,20-24H,2,10,16-19H2,1,3-9H3,(H,39,40,41);1-2H3. The van der Waals surface area contributed by atoms with Gasteiger partial charge in [-0.25, -0.2) is 19.7 Å². The van der Waals surface area contributed by atoms with Gasteiger partial charge in [0, 0.05) is 44.6 Å². The highest BCUT2D eigenvalue weighted by Gasteiger charge is 2.28. The van der Waals surface area contributed by atoms with Gasteiger partial charge in [0.2, 0.25) is 0 Å². The van der Waals surface area contributed by atoms with Crippen LogP contribution in [0.4, 0.5) is 27.8 Å². The van der Waals surface area contributed by atoms with Crippen LogP contribution in [0.5, 0.6) is 17.2 Å². The van der Waals surface area contributed by atoms with Crippen molar-refractivity contribution in [1.29, 1.82) is 0 Å². The Morgan fingerprint density at radius 2 is 1.80 bits per heavy atom. The molecule has 1 fully saturated rings. The molecule has 1 aliphatic heterocycles. The number of aromatic nitrogens is 3. The van der Waals surface area contributed by atoms with Gasteiger partial charge in [0.25, 0.3) is 0 Å². The zero-order valence-corrected chi connectivity index (χ0v) is 31.3. The summed E-state index contributed by atoms with van der Waals surface area (Å²) in [6.45, 7) is 22.2. The normalized spacial score (nSPS) is 13.6. The highest BCUT2D eigenvalue weighted by atomic mass is 16.6. The second-order valence-corrected chi connectivity index (χ2v) is 13.1. The Labute approximate surface area is 297 Å². The molecule has 1 saturated heterocycles. The van der Waals surface area contributed by atoms with Gasteiger partial charge in [0.1, 0.15) is 29.2 Å². The van der Waals surface area contributed by atoms with E-state index in [0.29, 0.717) is 55.0 Å². The minimum Gasteiger partial charge on any atom is -0.492 e. The molecule has 50 heavy (non-hydrogen) atoms. The number of rotatable bonds is 10. The van der Waals surface area contributed by atoms with Crippen LogP contribution >= 0.6 is 0 Å². The molecular weight excluding hydrogens is 630 g/mol. The number of piperazine rings is 1. The van der Waals surface area contributed by atoms with Crippen molar-refractivity contribution in [2.24, 2.45) is 0 Å². The lowest BCUT2D eigenvalue weighted by atomic mass is 9.96. The molecule has 1 unspecified atom stereocenters. The second kappa shape index (κ2) is 16.6. The maximum Gasteiger partial charge on any atom is 0.410 e. The first-order valence-corrected chi connectivity index (χ1v) is 17.4. The lowest BCUT2D eigenvalue weighted by Crippen LogP contribution is -2.50. The maximum atomic E-state index is 12.6. The van der Waals surface area contributed by atoms with Crippen molar-refractivity contribution in [3.8, 4) is 17.2 Å². The molecule has 0 radical (unpaired) electrons. The van der Waals surface area contributed by atoms with Crippen molar-refractivity contribution >= 4 is 40.0 Å². The average Bonchev–Trinajstić information content (AvgIpc) is 3.11.